The molecule has 0 radical (unpaired) electrons. The van der Waals surface area contributed by atoms with Gasteiger partial charge in [0.1, 0.15) is 0 Å². The number of benzene rings is 2. The molecular weight excluding hydrogens is 258 g/mol. The van der Waals surface area contributed by atoms with Crippen LogP contribution in [-0.4, -0.2) is 14.6 Å². The second kappa shape index (κ2) is 4.42. The Balaban J connectivity index is 2.06. The van der Waals surface area contributed by atoms with Crippen molar-refractivity contribution in [3.8, 4) is 11.4 Å². The number of fused-ring (bicyclic) bond motifs is 3. The minimum absolute atomic E-state index is 0.888. The zero-order valence-electron chi connectivity index (χ0n) is 12.0. The highest BCUT2D eigenvalue weighted by molar-refractivity contribution is 5.96. The molecule has 0 aliphatic rings. The molecule has 2 aromatic carbocycles. The Kier molecular flexibility index (Phi) is 2.54. The van der Waals surface area contributed by atoms with E-state index in [0.29, 0.717) is 0 Å². The van der Waals surface area contributed by atoms with Gasteiger partial charge in [-0.15, -0.1) is 10.2 Å². The smallest absolute Gasteiger partial charge is 0.168 e. The van der Waals surface area contributed by atoms with Crippen molar-refractivity contribution in [2.45, 2.75) is 13.8 Å². The molecule has 3 heteroatoms. The highest BCUT2D eigenvalue weighted by atomic mass is 15.2. The molecule has 4 rings (SSSR count). The number of pyridine rings is 1. The average molecular weight is 273 g/mol. The molecule has 0 fully saturated rings. The van der Waals surface area contributed by atoms with Gasteiger partial charge in [-0.25, -0.2) is 0 Å². The van der Waals surface area contributed by atoms with E-state index < -0.39 is 0 Å². The lowest BCUT2D eigenvalue weighted by atomic mass is 10.1. The Morgan fingerprint density at radius 3 is 2.29 bits per heavy atom. The maximum absolute atomic E-state index is 4.40. The van der Waals surface area contributed by atoms with Gasteiger partial charge >= 0.3 is 0 Å². The molecular formula is C18H15N3. The minimum Gasteiger partial charge on any atom is -0.282 e. The molecule has 0 aliphatic heterocycles. The summed E-state index contributed by atoms with van der Waals surface area (Å²) in [6, 6.07) is 16.7. The summed E-state index contributed by atoms with van der Waals surface area (Å²) >= 11 is 0. The summed E-state index contributed by atoms with van der Waals surface area (Å²) < 4.78 is 2.09. The number of hydrogen-bond acceptors (Lipinski definition) is 2. The quantitative estimate of drug-likeness (QED) is 0.521. The first-order chi connectivity index (χ1) is 10.2. The van der Waals surface area contributed by atoms with Crippen LogP contribution in [-0.2, 0) is 0 Å². The lowest BCUT2D eigenvalue weighted by Crippen LogP contribution is -1.92. The number of nitrogens with zero attached hydrogens (tertiary/aromatic N) is 3. The average Bonchev–Trinajstić information content (AvgIpc) is 2.92. The number of rotatable bonds is 1. The van der Waals surface area contributed by atoms with E-state index in [4.69, 9.17) is 0 Å². The lowest BCUT2D eigenvalue weighted by Gasteiger charge is -2.06. The van der Waals surface area contributed by atoms with Gasteiger partial charge in [0.15, 0.2) is 11.5 Å². The molecule has 2 aromatic heterocycles. The van der Waals surface area contributed by atoms with Gasteiger partial charge in [-0.2, -0.15) is 0 Å². The zero-order chi connectivity index (χ0) is 14.4. The molecule has 0 spiro atoms. The van der Waals surface area contributed by atoms with Crippen molar-refractivity contribution in [1.82, 2.24) is 14.6 Å². The Morgan fingerprint density at radius 1 is 0.810 bits per heavy atom. The van der Waals surface area contributed by atoms with Crippen molar-refractivity contribution >= 4 is 16.4 Å². The van der Waals surface area contributed by atoms with Crippen LogP contribution in [0.2, 0.25) is 0 Å². The van der Waals surface area contributed by atoms with Crippen molar-refractivity contribution in [2.75, 3.05) is 0 Å². The van der Waals surface area contributed by atoms with Gasteiger partial charge in [-0.3, -0.25) is 4.40 Å². The van der Waals surface area contributed by atoms with Crippen molar-refractivity contribution in [3.63, 3.8) is 0 Å². The van der Waals surface area contributed by atoms with E-state index in [9.17, 15) is 0 Å². The van der Waals surface area contributed by atoms with E-state index in [-0.39, 0.29) is 0 Å². The Bertz CT molecular complexity index is 949. The van der Waals surface area contributed by atoms with Gasteiger partial charge in [0, 0.05) is 17.1 Å². The Morgan fingerprint density at radius 2 is 1.52 bits per heavy atom. The molecule has 3 nitrogen and oxygen atoms in total. The highest BCUT2D eigenvalue weighted by Gasteiger charge is 2.11. The third-order valence-corrected chi connectivity index (χ3v) is 3.92. The van der Waals surface area contributed by atoms with Crippen LogP contribution in [0.15, 0.2) is 54.7 Å². The first kappa shape index (κ1) is 12.1. The molecule has 0 N–H and O–H groups in total. The monoisotopic (exact) mass is 273 g/mol. The molecule has 4 aromatic rings. The van der Waals surface area contributed by atoms with Gasteiger partial charge in [0.25, 0.3) is 0 Å². The van der Waals surface area contributed by atoms with E-state index in [1.165, 1.54) is 16.5 Å². The predicted molar refractivity (Wildman–Crippen MR) is 85.4 cm³/mol. The van der Waals surface area contributed by atoms with Crippen LogP contribution in [0.25, 0.3) is 27.8 Å². The van der Waals surface area contributed by atoms with Gasteiger partial charge in [0.05, 0.1) is 0 Å². The summed E-state index contributed by atoms with van der Waals surface area (Å²) in [7, 11) is 0. The fourth-order valence-corrected chi connectivity index (χ4v) is 2.78. The second-order valence-electron chi connectivity index (χ2n) is 5.44. The molecule has 0 atom stereocenters. The van der Waals surface area contributed by atoms with Crippen molar-refractivity contribution in [1.29, 1.82) is 0 Å². The van der Waals surface area contributed by atoms with Gasteiger partial charge in [-0.05, 0) is 24.8 Å². The van der Waals surface area contributed by atoms with Gasteiger partial charge < -0.3 is 0 Å². The molecule has 0 saturated carbocycles. The largest absolute Gasteiger partial charge is 0.282 e. The summed E-state index contributed by atoms with van der Waals surface area (Å²) in [6.07, 6.45) is 2.12. The maximum Gasteiger partial charge on any atom is 0.168 e. The van der Waals surface area contributed by atoms with Crippen LogP contribution in [0.4, 0.5) is 0 Å². The van der Waals surface area contributed by atoms with Gasteiger partial charge in [-0.1, -0.05) is 54.1 Å². The van der Waals surface area contributed by atoms with E-state index >= 15 is 0 Å². The van der Waals surface area contributed by atoms with E-state index in [1.807, 2.05) is 6.07 Å². The molecule has 0 saturated heterocycles. The van der Waals surface area contributed by atoms with Crippen molar-refractivity contribution in [2.24, 2.45) is 0 Å². The number of aryl methyl sites for hydroxylation is 2. The Labute approximate surface area is 122 Å². The fourth-order valence-electron chi connectivity index (χ4n) is 2.78. The normalized spacial score (nSPS) is 11.3. The van der Waals surface area contributed by atoms with E-state index in [0.717, 1.165) is 22.4 Å². The molecule has 21 heavy (non-hydrogen) atoms. The standard InChI is InChI=1S/C18H15N3/c1-12-7-9-14(10-8-12)17-19-20-18-16-6-4-3-5-15(16)13(2)11-21(17)18/h3-11H,1-2H3. The highest BCUT2D eigenvalue weighted by Crippen LogP contribution is 2.26. The molecule has 2 heterocycles. The summed E-state index contributed by atoms with van der Waals surface area (Å²) in [5.41, 5.74) is 4.47. The zero-order valence-corrected chi connectivity index (χ0v) is 12.0. The third-order valence-electron chi connectivity index (χ3n) is 3.92. The summed E-state index contributed by atoms with van der Waals surface area (Å²) in [6.45, 7) is 4.21. The predicted octanol–water partition coefficient (Wildman–Crippen LogP) is 4.17. The van der Waals surface area contributed by atoms with E-state index in [2.05, 4.69) is 77.1 Å². The van der Waals surface area contributed by atoms with Crippen LogP contribution in [0, 0.1) is 13.8 Å². The lowest BCUT2D eigenvalue weighted by molar-refractivity contribution is 1.11. The topological polar surface area (TPSA) is 30.2 Å². The Hall–Kier alpha value is -2.68. The minimum atomic E-state index is 0.888. The SMILES string of the molecule is Cc1ccc(-c2nnc3c4ccccc4c(C)cn23)cc1. The van der Waals surface area contributed by atoms with Crippen LogP contribution in [0.1, 0.15) is 11.1 Å². The van der Waals surface area contributed by atoms with E-state index in [1.54, 1.807) is 0 Å². The second-order valence-corrected chi connectivity index (χ2v) is 5.44. The van der Waals surface area contributed by atoms with Crippen molar-refractivity contribution in [3.05, 3.63) is 65.9 Å². The van der Waals surface area contributed by atoms with Gasteiger partial charge in [0.2, 0.25) is 0 Å². The maximum atomic E-state index is 4.40. The molecule has 0 bridgehead atoms. The van der Waals surface area contributed by atoms with Crippen LogP contribution in [0.3, 0.4) is 0 Å². The molecule has 102 valence electrons. The molecule has 0 aliphatic carbocycles. The third kappa shape index (κ3) is 1.82. The molecule has 0 amide bonds. The summed E-state index contributed by atoms with van der Waals surface area (Å²) in [5, 5.41) is 11.2. The van der Waals surface area contributed by atoms with Crippen LogP contribution >= 0.6 is 0 Å². The first-order valence-corrected chi connectivity index (χ1v) is 7.04. The first-order valence-electron chi connectivity index (χ1n) is 7.04. The van der Waals surface area contributed by atoms with Crippen molar-refractivity contribution < 1.29 is 0 Å². The fraction of sp³-hybridized carbons (Fsp3) is 0.111. The number of aromatic nitrogens is 3. The summed E-state index contributed by atoms with van der Waals surface area (Å²) in [4.78, 5) is 0. The van der Waals surface area contributed by atoms with Crippen LogP contribution < -0.4 is 0 Å². The number of hydrogen-bond donors (Lipinski definition) is 0. The molecule has 0 unspecified atom stereocenters. The summed E-state index contributed by atoms with van der Waals surface area (Å²) in [5.74, 6) is 0.888. The van der Waals surface area contributed by atoms with Crippen LogP contribution in [0.5, 0.6) is 0 Å².